The van der Waals surface area contributed by atoms with E-state index in [2.05, 4.69) is 37.0 Å². The molecule has 4 aromatic rings. The third kappa shape index (κ3) is 5.02. The third-order valence-electron chi connectivity index (χ3n) is 6.46. The number of hydrogen-bond donors (Lipinski definition) is 2. The number of alkyl halides is 1. The minimum atomic E-state index is -1.55. The van der Waals surface area contributed by atoms with Crippen LogP contribution in [0.3, 0.4) is 0 Å². The summed E-state index contributed by atoms with van der Waals surface area (Å²) in [6.07, 6.45) is 4.97. The van der Waals surface area contributed by atoms with E-state index in [0.29, 0.717) is 47.0 Å². The fourth-order valence-corrected chi connectivity index (χ4v) is 5.69. The first-order chi connectivity index (χ1) is 17.8. The van der Waals surface area contributed by atoms with E-state index in [9.17, 15) is 4.79 Å². The zero-order chi connectivity index (χ0) is 26.2. The SMILES string of the molecule is CC(=O)NC1CCC(F)(c2nnc(-c3cnc(-c4ccc5cc(C#N)cnn45)cc3NC(C)C)s2)CC1. The van der Waals surface area contributed by atoms with Crippen LogP contribution in [0.15, 0.2) is 36.7 Å². The number of fused-ring (bicyclic) bond motifs is 1. The molecule has 0 aromatic carbocycles. The minimum absolute atomic E-state index is 0.00141. The van der Waals surface area contributed by atoms with Crippen molar-refractivity contribution >= 4 is 28.4 Å². The number of hydrogen-bond acceptors (Lipinski definition) is 8. The lowest BCUT2D eigenvalue weighted by Gasteiger charge is -2.32. The summed E-state index contributed by atoms with van der Waals surface area (Å²) < 4.78 is 17.6. The molecule has 0 radical (unpaired) electrons. The molecule has 1 aliphatic rings. The molecule has 1 aliphatic carbocycles. The summed E-state index contributed by atoms with van der Waals surface area (Å²) in [5, 5.41) is 29.4. The lowest BCUT2D eigenvalue weighted by molar-refractivity contribution is -0.120. The van der Waals surface area contributed by atoms with Crippen molar-refractivity contribution in [2.75, 3.05) is 5.32 Å². The maximum absolute atomic E-state index is 15.8. The number of amides is 1. The van der Waals surface area contributed by atoms with Crippen LogP contribution in [0.4, 0.5) is 10.1 Å². The van der Waals surface area contributed by atoms with Crippen LogP contribution < -0.4 is 10.6 Å². The fraction of sp³-hybridized carbons (Fsp3) is 0.385. The van der Waals surface area contributed by atoms with Gasteiger partial charge in [-0.25, -0.2) is 8.91 Å². The number of carbonyl (C=O) groups excluding carboxylic acids is 1. The Morgan fingerprint density at radius 2 is 2.03 bits per heavy atom. The summed E-state index contributed by atoms with van der Waals surface area (Å²) >= 11 is 1.24. The van der Waals surface area contributed by atoms with Crippen molar-refractivity contribution in [3.8, 4) is 28.0 Å². The summed E-state index contributed by atoms with van der Waals surface area (Å²) in [4.78, 5) is 16.0. The normalized spacial score (nSPS) is 19.6. The van der Waals surface area contributed by atoms with E-state index in [0.717, 1.165) is 22.5 Å². The Bertz CT molecular complexity index is 1500. The highest BCUT2D eigenvalue weighted by Gasteiger charge is 2.40. The van der Waals surface area contributed by atoms with E-state index in [1.54, 1.807) is 16.8 Å². The highest BCUT2D eigenvalue weighted by molar-refractivity contribution is 7.14. The van der Waals surface area contributed by atoms with Crippen molar-refractivity contribution in [3.63, 3.8) is 0 Å². The number of aromatic nitrogens is 5. The molecular formula is C26H27FN8OS. The Kier molecular flexibility index (Phi) is 6.60. The smallest absolute Gasteiger partial charge is 0.217 e. The van der Waals surface area contributed by atoms with Gasteiger partial charge in [0.1, 0.15) is 6.07 Å². The number of nitrogens with zero attached hydrogens (tertiary/aromatic N) is 6. The largest absolute Gasteiger partial charge is 0.382 e. The lowest BCUT2D eigenvalue weighted by Crippen LogP contribution is -2.39. The van der Waals surface area contributed by atoms with Gasteiger partial charge in [0, 0.05) is 30.9 Å². The summed E-state index contributed by atoms with van der Waals surface area (Å²) in [5.41, 5.74) is 2.78. The number of halogens is 1. The quantitative estimate of drug-likeness (QED) is 0.374. The number of anilines is 1. The van der Waals surface area contributed by atoms with Gasteiger partial charge in [0.05, 0.1) is 34.2 Å². The minimum Gasteiger partial charge on any atom is -0.382 e. The second-order valence-electron chi connectivity index (χ2n) is 9.68. The van der Waals surface area contributed by atoms with Crippen LogP contribution in [0, 0.1) is 11.3 Å². The zero-order valence-electron chi connectivity index (χ0n) is 20.8. The molecule has 190 valence electrons. The highest BCUT2D eigenvalue weighted by atomic mass is 32.1. The Hall–Kier alpha value is -3.91. The van der Waals surface area contributed by atoms with Crippen LogP contribution >= 0.6 is 11.3 Å². The molecule has 4 aromatic heterocycles. The van der Waals surface area contributed by atoms with Crippen LogP contribution in [0.5, 0.6) is 0 Å². The van der Waals surface area contributed by atoms with Crippen LogP contribution in [-0.2, 0) is 10.5 Å². The maximum atomic E-state index is 15.8. The number of rotatable bonds is 6. The molecule has 0 saturated heterocycles. The van der Waals surface area contributed by atoms with Gasteiger partial charge >= 0.3 is 0 Å². The van der Waals surface area contributed by atoms with Crippen LogP contribution in [0.1, 0.15) is 57.0 Å². The van der Waals surface area contributed by atoms with E-state index in [4.69, 9.17) is 5.26 Å². The molecule has 0 atom stereocenters. The van der Waals surface area contributed by atoms with E-state index >= 15 is 4.39 Å². The molecule has 2 N–H and O–H groups in total. The fourth-order valence-electron chi connectivity index (χ4n) is 4.68. The van der Waals surface area contributed by atoms with Crippen molar-refractivity contribution < 1.29 is 9.18 Å². The number of nitrogens with one attached hydrogen (secondary N) is 2. The maximum Gasteiger partial charge on any atom is 0.217 e. The van der Waals surface area contributed by atoms with E-state index in [1.165, 1.54) is 24.5 Å². The second kappa shape index (κ2) is 9.86. The Morgan fingerprint density at radius 3 is 2.73 bits per heavy atom. The van der Waals surface area contributed by atoms with Gasteiger partial charge in [-0.05, 0) is 63.8 Å². The molecule has 11 heteroatoms. The molecule has 1 fully saturated rings. The molecule has 1 saturated carbocycles. The van der Waals surface area contributed by atoms with Crippen LogP contribution in [0.25, 0.3) is 27.5 Å². The van der Waals surface area contributed by atoms with Crippen LogP contribution in [0.2, 0.25) is 0 Å². The summed E-state index contributed by atoms with van der Waals surface area (Å²) in [6, 6.07) is 9.76. The van der Waals surface area contributed by atoms with Crippen molar-refractivity contribution in [2.45, 2.75) is 64.2 Å². The standard InChI is InChI=1S/C26H27FN8OS/c1-15(2)31-21-11-22(23-5-4-19-10-17(12-28)13-30-35(19)23)29-14-20(21)24-33-34-25(37-24)26(27)8-6-18(7-9-26)32-16(3)36/h4-5,10-11,13-15,18H,6-9H2,1-3H3,(H,29,31)(H,32,36). The highest BCUT2D eigenvalue weighted by Crippen LogP contribution is 2.44. The molecule has 1 amide bonds. The van der Waals surface area contributed by atoms with Gasteiger partial charge in [-0.3, -0.25) is 9.78 Å². The molecule has 4 heterocycles. The van der Waals surface area contributed by atoms with Gasteiger partial charge in [0.2, 0.25) is 5.91 Å². The van der Waals surface area contributed by atoms with Gasteiger partial charge in [-0.15, -0.1) is 10.2 Å². The molecule has 37 heavy (non-hydrogen) atoms. The number of pyridine rings is 1. The Labute approximate surface area is 217 Å². The van der Waals surface area contributed by atoms with Crippen LogP contribution in [-0.4, -0.2) is 42.8 Å². The van der Waals surface area contributed by atoms with Gasteiger partial charge in [0.15, 0.2) is 15.7 Å². The van der Waals surface area contributed by atoms with Crippen molar-refractivity contribution in [3.05, 3.63) is 47.2 Å². The van der Waals surface area contributed by atoms with E-state index < -0.39 is 5.67 Å². The summed E-state index contributed by atoms with van der Waals surface area (Å²) in [7, 11) is 0. The predicted molar refractivity (Wildman–Crippen MR) is 140 cm³/mol. The third-order valence-corrected chi connectivity index (χ3v) is 7.60. The average Bonchev–Trinajstić information content (AvgIpc) is 3.52. The lowest BCUT2D eigenvalue weighted by atomic mass is 9.84. The van der Waals surface area contributed by atoms with Gasteiger partial charge < -0.3 is 10.6 Å². The molecule has 9 nitrogen and oxygen atoms in total. The van der Waals surface area contributed by atoms with E-state index in [1.807, 2.05) is 32.0 Å². The van der Waals surface area contributed by atoms with Gasteiger partial charge in [-0.1, -0.05) is 11.3 Å². The molecular weight excluding hydrogens is 491 g/mol. The summed E-state index contributed by atoms with van der Waals surface area (Å²) in [5.74, 6) is -0.0912. The van der Waals surface area contributed by atoms with Crippen molar-refractivity contribution in [2.24, 2.45) is 0 Å². The average molecular weight is 519 g/mol. The Balaban J connectivity index is 1.45. The second-order valence-corrected chi connectivity index (χ2v) is 10.7. The number of carbonyl (C=O) groups is 1. The molecule has 0 bridgehead atoms. The first-order valence-electron chi connectivity index (χ1n) is 12.2. The van der Waals surface area contributed by atoms with Gasteiger partial charge in [-0.2, -0.15) is 10.4 Å². The zero-order valence-corrected chi connectivity index (χ0v) is 21.6. The predicted octanol–water partition coefficient (Wildman–Crippen LogP) is 4.85. The first kappa shape index (κ1) is 24.8. The first-order valence-corrected chi connectivity index (χ1v) is 13.0. The van der Waals surface area contributed by atoms with Crippen molar-refractivity contribution in [1.29, 1.82) is 5.26 Å². The molecule has 0 aliphatic heterocycles. The van der Waals surface area contributed by atoms with Crippen molar-refractivity contribution in [1.82, 2.24) is 30.1 Å². The Morgan fingerprint density at radius 1 is 1.24 bits per heavy atom. The number of nitriles is 1. The monoisotopic (exact) mass is 518 g/mol. The molecule has 5 rings (SSSR count). The summed E-state index contributed by atoms with van der Waals surface area (Å²) in [6.45, 7) is 5.56. The van der Waals surface area contributed by atoms with E-state index in [-0.39, 0.29) is 18.0 Å². The topological polar surface area (TPSA) is 121 Å². The van der Waals surface area contributed by atoms with Gasteiger partial charge in [0.25, 0.3) is 0 Å². The molecule has 0 spiro atoms. The molecule has 0 unspecified atom stereocenters.